The molecule has 0 atom stereocenters. The lowest BCUT2D eigenvalue weighted by Crippen LogP contribution is -1.98. The van der Waals surface area contributed by atoms with Gasteiger partial charge in [-0.3, -0.25) is 0 Å². The maximum absolute atomic E-state index is 6.45. The van der Waals surface area contributed by atoms with E-state index < -0.39 is 0 Å². The van der Waals surface area contributed by atoms with Gasteiger partial charge < -0.3 is 9.15 Å². The van der Waals surface area contributed by atoms with E-state index in [2.05, 4.69) is 133 Å². The second-order valence-electron chi connectivity index (χ2n) is 11.6. The van der Waals surface area contributed by atoms with Crippen LogP contribution in [0.15, 0.2) is 150 Å². The molecule has 0 radical (unpaired) electrons. The summed E-state index contributed by atoms with van der Waals surface area (Å²) in [5, 5.41) is 9.55. The largest absolute Gasteiger partial charge is 0.456 e. The van der Waals surface area contributed by atoms with Gasteiger partial charge in [-0.15, -0.1) is 0 Å². The van der Waals surface area contributed by atoms with Gasteiger partial charge in [0.1, 0.15) is 22.7 Å². The van der Waals surface area contributed by atoms with Gasteiger partial charge in [-0.1, -0.05) is 115 Å². The predicted octanol–water partition coefficient (Wildman–Crippen LogP) is 12.2. The molecular weight excluding hydrogens is 536 g/mol. The van der Waals surface area contributed by atoms with E-state index in [4.69, 9.17) is 9.15 Å². The Kier molecular flexibility index (Phi) is 4.75. The van der Waals surface area contributed by atoms with Gasteiger partial charge in [0.05, 0.1) is 0 Å². The van der Waals surface area contributed by atoms with Gasteiger partial charge in [-0.05, 0) is 85.1 Å². The Bertz CT molecular complexity index is 2580. The lowest BCUT2D eigenvalue weighted by molar-refractivity contribution is 0.487. The van der Waals surface area contributed by atoms with Crippen molar-refractivity contribution in [3.8, 4) is 44.9 Å². The monoisotopic (exact) mass is 560 g/mol. The average molecular weight is 561 g/mol. The highest BCUT2D eigenvalue weighted by molar-refractivity contribution is 6.27. The van der Waals surface area contributed by atoms with Gasteiger partial charge in [0.15, 0.2) is 0 Å². The summed E-state index contributed by atoms with van der Waals surface area (Å²) in [5.41, 5.74) is 9.03. The molecule has 0 N–H and O–H groups in total. The molecule has 8 aromatic carbocycles. The molecule has 0 saturated heterocycles. The SMILES string of the molecule is c1ccc2c(c1)Oc1ccc(-c3c4ccccc4c(-c4cccc5oc6ccccc6c45)c4ccccc34)c3cccc-2c13. The van der Waals surface area contributed by atoms with Crippen molar-refractivity contribution in [2.45, 2.75) is 0 Å². The maximum Gasteiger partial charge on any atom is 0.136 e. The van der Waals surface area contributed by atoms with Crippen molar-refractivity contribution >= 4 is 54.3 Å². The number of ether oxygens (including phenoxy) is 1. The number of para-hydroxylation sites is 2. The summed E-state index contributed by atoms with van der Waals surface area (Å²) in [5.74, 6) is 1.81. The van der Waals surface area contributed by atoms with E-state index in [-0.39, 0.29) is 0 Å². The highest BCUT2D eigenvalue weighted by atomic mass is 16.5. The number of benzene rings is 8. The molecule has 0 saturated carbocycles. The maximum atomic E-state index is 6.45. The molecule has 2 nitrogen and oxygen atoms in total. The second kappa shape index (κ2) is 8.82. The molecule has 0 unspecified atom stereocenters. The molecule has 10 rings (SSSR count). The van der Waals surface area contributed by atoms with E-state index in [1.165, 1.54) is 54.7 Å². The van der Waals surface area contributed by atoms with Crippen LogP contribution in [0.5, 0.6) is 11.5 Å². The van der Waals surface area contributed by atoms with Crippen LogP contribution in [0.3, 0.4) is 0 Å². The van der Waals surface area contributed by atoms with Crippen LogP contribution in [0.2, 0.25) is 0 Å². The van der Waals surface area contributed by atoms with Crippen molar-refractivity contribution in [3.05, 3.63) is 146 Å². The molecule has 9 aromatic rings. The first-order chi connectivity index (χ1) is 21.8. The first kappa shape index (κ1) is 23.7. The summed E-state index contributed by atoms with van der Waals surface area (Å²) in [7, 11) is 0. The molecule has 1 aromatic heterocycles. The van der Waals surface area contributed by atoms with Crippen LogP contribution in [0.4, 0.5) is 0 Å². The van der Waals surface area contributed by atoms with Crippen molar-refractivity contribution in [1.29, 1.82) is 0 Å². The summed E-state index contributed by atoms with van der Waals surface area (Å²) in [6.45, 7) is 0. The second-order valence-corrected chi connectivity index (χ2v) is 11.6. The van der Waals surface area contributed by atoms with E-state index in [1.807, 2.05) is 12.1 Å². The first-order valence-electron chi connectivity index (χ1n) is 15.0. The van der Waals surface area contributed by atoms with Crippen LogP contribution in [-0.2, 0) is 0 Å². The summed E-state index contributed by atoms with van der Waals surface area (Å²) < 4.78 is 12.8. The molecule has 1 aliphatic rings. The van der Waals surface area contributed by atoms with E-state index >= 15 is 0 Å². The highest BCUT2D eigenvalue weighted by Crippen LogP contribution is 2.52. The molecular formula is C42H24O2. The van der Waals surface area contributed by atoms with Gasteiger partial charge in [0.25, 0.3) is 0 Å². The fraction of sp³-hybridized carbons (Fsp3) is 0. The molecule has 0 amide bonds. The molecule has 0 spiro atoms. The van der Waals surface area contributed by atoms with E-state index in [1.54, 1.807) is 0 Å². The van der Waals surface area contributed by atoms with Crippen LogP contribution in [0, 0.1) is 0 Å². The van der Waals surface area contributed by atoms with Crippen molar-refractivity contribution in [2.75, 3.05) is 0 Å². The molecule has 2 heterocycles. The molecule has 2 heteroatoms. The summed E-state index contributed by atoms with van der Waals surface area (Å²) in [6.07, 6.45) is 0. The van der Waals surface area contributed by atoms with Crippen LogP contribution in [0.1, 0.15) is 0 Å². The third-order valence-corrected chi connectivity index (χ3v) is 9.27. The van der Waals surface area contributed by atoms with Gasteiger partial charge in [0, 0.05) is 21.7 Å². The Balaban J connectivity index is 1.35. The Morgan fingerprint density at radius 1 is 0.295 bits per heavy atom. The third-order valence-electron chi connectivity index (χ3n) is 9.27. The molecule has 1 aliphatic heterocycles. The Labute approximate surface area is 253 Å². The molecule has 204 valence electrons. The highest BCUT2D eigenvalue weighted by Gasteiger charge is 2.24. The zero-order valence-electron chi connectivity index (χ0n) is 23.7. The Morgan fingerprint density at radius 2 is 0.841 bits per heavy atom. The summed E-state index contributed by atoms with van der Waals surface area (Å²) >= 11 is 0. The minimum Gasteiger partial charge on any atom is -0.456 e. The number of hydrogen-bond donors (Lipinski definition) is 0. The lowest BCUT2D eigenvalue weighted by atomic mass is 9.83. The quantitative estimate of drug-likeness (QED) is 0.196. The van der Waals surface area contributed by atoms with Gasteiger partial charge in [0.2, 0.25) is 0 Å². The lowest BCUT2D eigenvalue weighted by Gasteiger charge is -2.24. The molecule has 44 heavy (non-hydrogen) atoms. The van der Waals surface area contributed by atoms with Crippen LogP contribution < -0.4 is 4.74 Å². The average Bonchev–Trinajstić information content (AvgIpc) is 3.47. The predicted molar refractivity (Wildman–Crippen MR) is 183 cm³/mol. The minimum atomic E-state index is 0.904. The fourth-order valence-corrected chi connectivity index (χ4v) is 7.49. The van der Waals surface area contributed by atoms with E-state index in [0.29, 0.717) is 0 Å². The summed E-state index contributed by atoms with van der Waals surface area (Å²) in [6, 6.07) is 51.8. The number of furan rings is 1. The van der Waals surface area contributed by atoms with Crippen LogP contribution >= 0.6 is 0 Å². The molecule has 0 aliphatic carbocycles. The van der Waals surface area contributed by atoms with Crippen molar-refractivity contribution in [2.24, 2.45) is 0 Å². The van der Waals surface area contributed by atoms with Gasteiger partial charge in [-0.2, -0.15) is 0 Å². The Morgan fingerprint density at radius 3 is 1.61 bits per heavy atom. The molecule has 0 fully saturated rings. The number of hydrogen-bond acceptors (Lipinski definition) is 2. The Hall–Kier alpha value is -5.86. The third kappa shape index (κ3) is 3.14. The van der Waals surface area contributed by atoms with Crippen molar-refractivity contribution < 1.29 is 9.15 Å². The standard InChI is InChI=1S/C42H24O2/c1-3-14-29-27(12-1)39(32-23-24-38-41-26(17-9-18-31(32)41)25-11-5-7-20-35(25)43-38)28-13-2-4-15-30(28)40(29)34-19-10-22-37-42(34)33-16-6-8-21-36(33)44-37/h1-24H. The number of fused-ring (bicyclic) bond motifs is 7. The van der Waals surface area contributed by atoms with E-state index in [9.17, 15) is 0 Å². The van der Waals surface area contributed by atoms with Gasteiger partial charge in [-0.25, -0.2) is 0 Å². The van der Waals surface area contributed by atoms with E-state index in [0.717, 1.165) is 44.4 Å². The topological polar surface area (TPSA) is 22.4 Å². The van der Waals surface area contributed by atoms with Gasteiger partial charge >= 0.3 is 0 Å². The first-order valence-corrected chi connectivity index (χ1v) is 15.0. The summed E-state index contributed by atoms with van der Waals surface area (Å²) in [4.78, 5) is 0. The minimum absolute atomic E-state index is 0.904. The molecule has 0 bridgehead atoms. The van der Waals surface area contributed by atoms with Crippen LogP contribution in [-0.4, -0.2) is 0 Å². The fourth-order valence-electron chi connectivity index (χ4n) is 7.49. The zero-order chi connectivity index (χ0) is 28.8. The van der Waals surface area contributed by atoms with Crippen LogP contribution in [0.25, 0.3) is 87.6 Å². The zero-order valence-corrected chi connectivity index (χ0v) is 23.7. The number of rotatable bonds is 2. The van der Waals surface area contributed by atoms with Crippen molar-refractivity contribution in [1.82, 2.24) is 0 Å². The van der Waals surface area contributed by atoms with Crippen molar-refractivity contribution in [3.63, 3.8) is 0 Å². The normalized spacial score (nSPS) is 12.3. The smallest absolute Gasteiger partial charge is 0.136 e.